The molecule has 0 bridgehead atoms. The molecule has 1 aromatic heterocycles. The lowest BCUT2D eigenvalue weighted by Crippen LogP contribution is -2.09. The van der Waals surface area contributed by atoms with Gasteiger partial charge in [-0.25, -0.2) is 4.98 Å². The molecule has 1 aromatic carbocycles. The second-order valence-electron chi connectivity index (χ2n) is 4.72. The van der Waals surface area contributed by atoms with Crippen LogP contribution in [0.5, 0.6) is 5.75 Å². The van der Waals surface area contributed by atoms with E-state index in [2.05, 4.69) is 23.4 Å². The van der Waals surface area contributed by atoms with Gasteiger partial charge in [-0.2, -0.15) is 11.8 Å². The smallest absolute Gasteiger partial charge is 0.125 e. The number of hydrogen-bond donors (Lipinski definition) is 0. The number of fused-ring (bicyclic) bond motifs is 1. The van der Waals surface area contributed by atoms with E-state index in [1.165, 1.54) is 0 Å². The molecule has 0 aliphatic heterocycles. The molecule has 0 aliphatic rings. The van der Waals surface area contributed by atoms with Crippen molar-refractivity contribution in [1.82, 2.24) is 9.55 Å². The zero-order chi connectivity index (χ0) is 14.5. The van der Waals surface area contributed by atoms with Crippen molar-refractivity contribution < 1.29 is 4.74 Å². The lowest BCUT2D eigenvalue weighted by Gasteiger charge is -2.17. The predicted molar refractivity (Wildman–Crippen MR) is 88.2 cm³/mol. The number of aromatic nitrogens is 2. The molecule has 1 atom stereocenters. The number of ether oxygens (including phenoxy) is 1. The standard InChI is InChI=1S/C15H21ClN2OS/c1-4-20-8-7-11(2)18-14-9-12(19-3)5-6-13(14)17-15(18)10-16/h5-6,9,11H,4,7-8,10H2,1-3H3. The van der Waals surface area contributed by atoms with E-state index in [-0.39, 0.29) is 0 Å². The van der Waals surface area contributed by atoms with Crippen LogP contribution in [0.3, 0.4) is 0 Å². The number of hydrogen-bond acceptors (Lipinski definition) is 3. The molecule has 20 heavy (non-hydrogen) atoms. The molecule has 0 N–H and O–H groups in total. The summed E-state index contributed by atoms with van der Waals surface area (Å²) in [7, 11) is 1.69. The van der Waals surface area contributed by atoms with Gasteiger partial charge in [0.2, 0.25) is 0 Å². The fourth-order valence-corrected chi connectivity index (χ4v) is 3.35. The minimum Gasteiger partial charge on any atom is -0.497 e. The van der Waals surface area contributed by atoms with E-state index in [1.807, 2.05) is 30.0 Å². The van der Waals surface area contributed by atoms with Gasteiger partial charge in [0.25, 0.3) is 0 Å². The van der Waals surface area contributed by atoms with E-state index in [1.54, 1.807) is 7.11 Å². The molecule has 0 amide bonds. The van der Waals surface area contributed by atoms with E-state index in [4.69, 9.17) is 16.3 Å². The van der Waals surface area contributed by atoms with Crippen molar-refractivity contribution in [3.63, 3.8) is 0 Å². The van der Waals surface area contributed by atoms with E-state index in [0.717, 1.165) is 40.5 Å². The summed E-state index contributed by atoms with van der Waals surface area (Å²) in [5.74, 6) is 4.54. The Balaban J connectivity index is 2.37. The van der Waals surface area contributed by atoms with Gasteiger partial charge in [-0.3, -0.25) is 0 Å². The van der Waals surface area contributed by atoms with Crippen LogP contribution in [0.15, 0.2) is 18.2 Å². The molecule has 110 valence electrons. The molecule has 0 aliphatic carbocycles. The number of imidazole rings is 1. The van der Waals surface area contributed by atoms with Gasteiger partial charge in [0, 0.05) is 12.1 Å². The quantitative estimate of drug-likeness (QED) is 0.557. The van der Waals surface area contributed by atoms with Gasteiger partial charge >= 0.3 is 0 Å². The molecule has 3 nitrogen and oxygen atoms in total. The monoisotopic (exact) mass is 312 g/mol. The normalized spacial score (nSPS) is 12.8. The molecule has 0 spiro atoms. The Hall–Kier alpha value is -0.870. The summed E-state index contributed by atoms with van der Waals surface area (Å²) in [4.78, 5) is 4.62. The van der Waals surface area contributed by atoms with Gasteiger partial charge in [-0.15, -0.1) is 11.6 Å². The molecular weight excluding hydrogens is 292 g/mol. The van der Waals surface area contributed by atoms with Crippen molar-refractivity contribution in [3.05, 3.63) is 24.0 Å². The molecule has 1 heterocycles. The zero-order valence-corrected chi connectivity index (χ0v) is 13.8. The average Bonchev–Trinajstić information content (AvgIpc) is 2.84. The summed E-state index contributed by atoms with van der Waals surface area (Å²) in [5.41, 5.74) is 2.09. The first kappa shape index (κ1) is 15.5. The fourth-order valence-electron chi connectivity index (χ4n) is 2.36. The number of rotatable bonds is 7. The van der Waals surface area contributed by atoms with Crippen molar-refractivity contribution in [2.24, 2.45) is 0 Å². The summed E-state index contributed by atoms with van der Waals surface area (Å²) < 4.78 is 7.57. The van der Waals surface area contributed by atoms with Crippen LogP contribution in [0.1, 0.15) is 32.1 Å². The topological polar surface area (TPSA) is 27.1 Å². The number of thioether (sulfide) groups is 1. The largest absolute Gasteiger partial charge is 0.497 e. The molecule has 0 saturated heterocycles. The Morgan fingerprint density at radius 1 is 1.45 bits per heavy atom. The average molecular weight is 313 g/mol. The first-order valence-corrected chi connectivity index (χ1v) is 8.58. The Morgan fingerprint density at radius 3 is 2.90 bits per heavy atom. The lowest BCUT2D eigenvalue weighted by molar-refractivity contribution is 0.415. The van der Waals surface area contributed by atoms with Crippen LogP contribution < -0.4 is 4.74 Å². The highest BCUT2D eigenvalue weighted by Crippen LogP contribution is 2.28. The maximum atomic E-state index is 6.06. The maximum Gasteiger partial charge on any atom is 0.125 e. The minimum absolute atomic E-state index is 0.389. The van der Waals surface area contributed by atoms with Crippen molar-refractivity contribution in [3.8, 4) is 5.75 Å². The molecule has 5 heteroatoms. The Bertz CT molecular complexity index is 570. The number of halogens is 1. The highest BCUT2D eigenvalue weighted by atomic mass is 35.5. The third kappa shape index (κ3) is 3.23. The Morgan fingerprint density at radius 2 is 2.25 bits per heavy atom. The number of alkyl halides is 1. The molecule has 0 saturated carbocycles. The first-order valence-electron chi connectivity index (χ1n) is 6.89. The van der Waals surface area contributed by atoms with Gasteiger partial charge in [0.1, 0.15) is 11.6 Å². The third-order valence-electron chi connectivity index (χ3n) is 3.41. The lowest BCUT2D eigenvalue weighted by atomic mass is 10.2. The Labute approximate surface area is 129 Å². The van der Waals surface area contributed by atoms with Crippen molar-refractivity contribution in [2.75, 3.05) is 18.6 Å². The third-order valence-corrected chi connectivity index (χ3v) is 4.59. The second-order valence-corrected chi connectivity index (χ2v) is 6.38. The van der Waals surface area contributed by atoms with E-state index < -0.39 is 0 Å². The van der Waals surface area contributed by atoms with Crippen molar-refractivity contribution >= 4 is 34.4 Å². The van der Waals surface area contributed by atoms with Crippen LogP contribution in [-0.2, 0) is 5.88 Å². The second kappa shape index (κ2) is 7.23. The van der Waals surface area contributed by atoms with Crippen LogP contribution in [0, 0.1) is 0 Å². The summed E-state index contributed by atoms with van der Waals surface area (Å²) in [6.07, 6.45) is 1.12. The number of methoxy groups -OCH3 is 1. The van der Waals surface area contributed by atoms with Crippen LogP contribution in [0.2, 0.25) is 0 Å². The first-order chi connectivity index (χ1) is 9.71. The van der Waals surface area contributed by atoms with Crippen LogP contribution in [0.25, 0.3) is 11.0 Å². The van der Waals surface area contributed by atoms with Crippen LogP contribution in [-0.4, -0.2) is 28.2 Å². The molecular formula is C15H21ClN2OS. The fraction of sp³-hybridized carbons (Fsp3) is 0.533. The van der Waals surface area contributed by atoms with Crippen LogP contribution >= 0.6 is 23.4 Å². The molecule has 0 fully saturated rings. The highest BCUT2D eigenvalue weighted by Gasteiger charge is 2.15. The SMILES string of the molecule is CCSCCC(C)n1c(CCl)nc2ccc(OC)cc21. The van der Waals surface area contributed by atoms with Gasteiger partial charge in [-0.05, 0) is 37.0 Å². The van der Waals surface area contributed by atoms with Gasteiger partial charge in [-0.1, -0.05) is 6.92 Å². The molecule has 0 radical (unpaired) electrons. The summed E-state index contributed by atoms with van der Waals surface area (Å²) in [6, 6.07) is 6.37. The number of nitrogens with zero attached hydrogens (tertiary/aromatic N) is 2. The van der Waals surface area contributed by atoms with E-state index in [0.29, 0.717) is 11.9 Å². The van der Waals surface area contributed by atoms with E-state index in [9.17, 15) is 0 Å². The minimum atomic E-state index is 0.389. The summed E-state index contributed by atoms with van der Waals surface area (Å²) >= 11 is 8.03. The van der Waals surface area contributed by atoms with Crippen molar-refractivity contribution in [1.29, 1.82) is 0 Å². The Kier molecular flexibility index (Phi) is 5.61. The number of benzene rings is 1. The summed E-state index contributed by atoms with van der Waals surface area (Å²) in [6.45, 7) is 4.42. The molecule has 2 rings (SSSR count). The zero-order valence-electron chi connectivity index (χ0n) is 12.2. The van der Waals surface area contributed by atoms with Gasteiger partial charge in [0.15, 0.2) is 0 Å². The predicted octanol–water partition coefficient (Wildman–Crippen LogP) is 4.49. The molecule has 2 aromatic rings. The van der Waals surface area contributed by atoms with Crippen molar-refractivity contribution in [2.45, 2.75) is 32.2 Å². The molecule has 1 unspecified atom stereocenters. The maximum absolute atomic E-state index is 6.06. The summed E-state index contributed by atoms with van der Waals surface area (Å²) in [5, 5.41) is 0. The van der Waals surface area contributed by atoms with Crippen LogP contribution in [0.4, 0.5) is 0 Å². The van der Waals surface area contributed by atoms with Gasteiger partial charge in [0.05, 0.1) is 24.0 Å². The van der Waals surface area contributed by atoms with Gasteiger partial charge < -0.3 is 9.30 Å². The van der Waals surface area contributed by atoms with E-state index >= 15 is 0 Å². The highest BCUT2D eigenvalue weighted by molar-refractivity contribution is 7.99.